The molecule has 0 spiro atoms. The van der Waals surface area contributed by atoms with Crippen molar-refractivity contribution < 1.29 is 19.2 Å². The van der Waals surface area contributed by atoms with Gasteiger partial charge in [0.15, 0.2) is 18.1 Å². The number of hydrogen-bond acceptors (Lipinski definition) is 3. The third-order valence-corrected chi connectivity index (χ3v) is 5.85. The van der Waals surface area contributed by atoms with E-state index in [0.717, 1.165) is 26.2 Å². The Bertz CT molecular complexity index is 931. The minimum atomic E-state index is 0.0147. The fraction of sp³-hybridized carbons (Fsp3) is 0.269. The Morgan fingerprint density at radius 3 is 1.90 bits per heavy atom. The molecular weight excluding hydrogens is 388 g/mol. The van der Waals surface area contributed by atoms with Crippen molar-refractivity contribution in [3.63, 3.8) is 0 Å². The van der Waals surface area contributed by atoms with Gasteiger partial charge < -0.3 is 19.3 Å². The quantitative estimate of drug-likeness (QED) is 0.643. The van der Waals surface area contributed by atoms with Gasteiger partial charge in [0, 0.05) is 11.1 Å². The molecule has 1 N–H and O–H groups in total. The first-order valence-electron chi connectivity index (χ1n) is 10.7. The second-order valence-corrected chi connectivity index (χ2v) is 7.73. The van der Waals surface area contributed by atoms with Crippen LogP contribution in [0.5, 0.6) is 11.5 Å². The molecule has 160 valence electrons. The summed E-state index contributed by atoms with van der Waals surface area (Å²) in [6, 6.07) is 29.0. The van der Waals surface area contributed by atoms with E-state index in [4.69, 9.17) is 9.47 Å². The molecule has 5 heteroatoms. The van der Waals surface area contributed by atoms with Gasteiger partial charge in [-0.05, 0) is 12.1 Å². The zero-order valence-electron chi connectivity index (χ0n) is 17.9. The van der Waals surface area contributed by atoms with E-state index in [1.165, 1.54) is 16.0 Å². The number of para-hydroxylation sites is 2. The van der Waals surface area contributed by atoms with Crippen molar-refractivity contribution in [1.29, 1.82) is 0 Å². The molecule has 0 radical (unpaired) electrons. The molecule has 31 heavy (non-hydrogen) atoms. The standard InChI is InChI=1S/C26H28N2O3/c1-30-23-14-8-9-15-24(23)31-20-25(29)27-16-18-28(19-17-27)26(21-10-4-2-5-11-21)22-12-6-3-7-13-22/h2-15,26H,16-20H2,1H3/p+1. The fourth-order valence-electron chi connectivity index (χ4n) is 4.26. The highest BCUT2D eigenvalue weighted by Gasteiger charge is 2.31. The summed E-state index contributed by atoms with van der Waals surface area (Å²) in [5, 5.41) is 0. The highest BCUT2D eigenvalue weighted by molar-refractivity contribution is 5.78. The Labute approximate surface area is 183 Å². The van der Waals surface area contributed by atoms with Crippen LogP contribution in [0, 0.1) is 0 Å². The lowest BCUT2D eigenvalue weighted by atomic mass is 9.96. The first-order valence-corrected chi connectivity index (χ1v) is 10.7. The Balaban J connectivity index is 1.39. The number of ether oxygens (including phenoxy) is 2. The topological polar surface area (TPSA) is 43.2 Å². The maximum Gasteiger partial charge on any atom is 0.260 e. The van der Waals surface area contributed by atoms with Gasteiger partial charge in [-0.15, -0.1) is 0 Å². The van der Waals surface area contributed by atoms with Crippen LogP contribution in [0.3, 0.4) is 0 Å². The minimum absolute atomic E-state index is 0.0147. The van der Waals surface area contributed by atoms with Crippen molar-refractivity contribution in [2.24, 2.45) is 0 Å². The van der Waals surface area contributed by atoms with Crippen molar-refractivity contribution >= 4 is 5.91 Å². The number of quaternary nitrogens is 1. The van der Waals surface area contributed by atoms with Crippen LogP contribution in [0.15, 0.2) is 84.9 Å². The van der Waals surface area contributed by atoms with E-state index in [2.05, 4.69) is 60.7 Å². The Morgan fingerprint density at radius 2 is 1.35 bits per heavy atom. The van der Waals surface area contributed by atoms with E-state index < -0.39 is 0 Å². The van der Waals surface area contributed by atoms with Gasteiger partial charge >= 0.3 is 0 Å². The second-order valence-electron chi connectivity index (χ2n) is 7.73. The fourth-order valence-corrected chi connectivity index (χ4v) is 4.26. The van der Waals surface area contributed by atoms with Gasteiger partial charge in [-0.2, -0.15) is 0 Å². The van der Waals surface area contributed by atoms with E-state index in [9.17, 15) is 4.79 Å². The van der Waals surface area contributed by atoms with Crippen molar-refractivity contribution in [2.45, 2.75) is 6.04 Å². The summed E-state index contributed by atoms with van der Waals surface area (Å²) in [7, 11) is 1.60. The number of carbonyl (C=O) groups excluding carboxylic acids is 1. The van der Waals surface area contributed by atoms with Crippen LogP contribution in [-0.2, 0) is 4.79 Å². The van der Waals surface area contributed by atoms with Gasteiger partial charge in [0.25, 0.3) is 5.91 Å². The second kappa shape index (κ2) is 10.1. The number of carbonyl (C=O) groups is 1. The van der Waals surface area contributed by atoms with Gasteiger partial charge in [0.2, 0.25) is 0 Å². The third-order valence-electron chi connectivity index (χ3n) is 5.85. The van der Waals surface area contributed by atoms with Crippen molar-refractivity contribution in [2.75, 3.05) is 39.9 Å². The maximum atomic E-state index is 12.7. The first kappa shape index (κ1) is 20.9. The lowest BCUT2D eigenvalue weighted by Crippen LogP contribution is -3.15. The average molecular weight is 418 g/mol. The van der Waals surface area contributed by atoms with Crippen LogP contribution < -0.4 is 14.4 Å². The molecule has 0 bridgehead atoms. The van der Waals surface area contributed by atoms with Crippen molar-refractivity contribution in [3.05, 3.63) is 96.1 Å². The summed E-state index contributed by atoms with van der Waals surface area (Å²) in [4.78, 5) is 16.1. The summed E-state index contributed by atoms with van der Waals surface area (Å²) in [5.74, 6) is 1.25. The Hall–Kier alpha value is -3.31. The number of rotatable bonds is 7. The highest BCUT2D eigenvalue weighted by atomic mass is 16.5. The number of nitrogens with one attached hydrogen (secondary N) is 1. The lowest BCUT2D eigenvalue weighted by molar-refractivity contribution is -0.929. The number of nitrogens with zero attached hydrogens (tertiary/aromatic N) is 1. The van der Waals surface area contributed by atoms with Gasteiger partial charge in [0.1, 0.15) is 6.04 Å². The minimum Gasteiger partial charge on any atom is -0.493 e. The van der Waals surface area contributed by atoms with Gasteiger partial charge in [-0.1, -0.05) is 72.8 Å². The molecule has 0 unspecified atom stereocenters. The molecule has 0 saturated carbocycles. The molecule has 3 aromatic carbocycles. The van der Waals surface area contributed by atoms with Crippen LogP contribution in [0.25, 0.3) is 0 Å². The molecule has 0 aromatic heterocycles. The van der Waals surface area contributed by atoms with E-state index >= 15 is 0 Å². The lowest BCUT2D eigenvalue weighted by Gasteiger charge is -2.37. The van der Waals surface area contributed by atoms with E-state index in [-0.39, 0.29) is 18.6 Å². The molecule has 1 heterocycles. The monoisotopic (exact) mass is 417 g/mol. The zero-order chi connectivity index (χ0) is 21.5. The van der Waals surface area contributed by atoms with Crippen LogP contribution in [0.2, 0.25) is 0 Å². The number of amides is 1. The Morgan fingerprint density at radius 1 is 0.839 bits per heavy atom. The molecule has 1 amide bonds. The van der Waals surface area contributed by atoms with Crippen LogP contribution in [0.4, 0.5) is 0 Å². The molecule has 0 aliphatic carbocycles. The smallest absolute Gasteiger partial charge is 0.260 e. The molecule has 1 fully saturated rings. The predicted octanol–water partition coefficient (Wildman–Crippen LogP) is 2.59. The molecule has 4 rings (SSSR count). The molecule has 5 nitrogen and oxygen atoms in total. The van der Waals surface area contributed by atoms with E-state index in [1.807, 2.05) is 29.2 Å². The zero-order valence-corrected chi connectivity index (χ0v) is 17.9. The summed E-state index contributed by atoms with van der Waals surface area (Å²) < 4.78 is 11.0. The summed E-state index contributed by atoms with van der Waals surface area (Å²) in [6.07, 6.45) is 0. The number of piperazine rings is 1. The first-order chi connectivity index (χ1) is 15.3. The SMILES string of the molecule is COc1ccccc1OCC(=O)N1CC[NH+](C(c2ccccc2)c2ccccc2)CC1. The van der Waals surface area contributed by atoms with Crippen molar-refractivity contribution in [3.8, 4) is 11.5 Å². The highest BCUT2D eigenvalue weighted by Crippen LogP contribution is 2.25. The molecule has 1 aliphatic heterocycles. The summed E-state index contributed by atoms with van der Waals surface area (Å²) in [5.41, 5.74) is 2.62. The summed E-state index contributed by atoms with van der Waals surface area (Å²) in [6.45, 7) is 3.26. The molecule has 0 atom stereocenters. The average Bonchev–Trinajstić information content (AvgIpc) is 2.84. The number of benzene rings is 3. The molecule has 1 aliphatic rings. The molecular formula is C26H29N2O3+. The van der Waals surface area contributed by atoms with E-state index in [1.54, 1.807) is 7.11 Å². The van der Waals surface area contributed by atoms with E-state index in [0.29, 0.717) is 11.5 Å². The molecule has 3 aromatic rings. The summed E-state index contributed by atoms with van der Waals surface area (Å²) >= 11 is 0. The van der Waals surface area contributed by atoms with Crippen molar-refractivity contribution in [1.82, 2.24) is 4.90 Å². The molecule has 1 saturated heterocycles. The van der Waals surface area contributed by atoms with Gasteiger partial charge in [-0.3, -0.25) is 4.79 Å². The predicted molar refractivity (Wildman–Crippen MR) is 120 cm³/mol. The number of hydrogen-bond donors (Lipinski definition) is 1. The van der Waals surface area contributed by atoms with Gasteiger partial charge in [-0.25, -0.2) is 0 Å². The largest absolute Gasteiger partial charge is 0.493 e. The van der Waals surface area contributed by atoms with Crippen LogP contribution >= 0.6 is 0 Å². The Kier molecular flexibility index (Phi) is 6.85. The maximum absolute atomic E-state index is 12.7. The third kappa shape index (κ3) is 5.06. The number of methoxy groups -OCH3 is 1. The van der Waals surface area contributed by atoms with Crippen LogP contribution in [-0.4, -0.2) is 50.7 Å². The normalized spacial score (nSPS) is 14.5. The van der Waals surface area contributed by atoms with Gasteiger partial charge in [0.05, 0.1) is 33.3 Å². The van der Waals surface area contributed by atoms with Crippen LogP contribution in [0.1, 0.15) is 17.2 Å².